The maximum absolute atomic E-state index is 5.60. The topological polar surface area (TPSA) is 9.23 Å². The summed E-state index contributed by atoms with van der Waals surface area (Å²) in [5, 5.41) is 0. The maximum atomic E-state index is 5.60. The molecule has 0 aromatic rings. The normalized spacial score (nSPS) is 11.5. The highest BCUT2D eigenvalue weighted by Gasteiger charge is 2.13. The van der Waals surface area contributed by atoms with Gasteiger partial charge in [-0.25, -0.2) is 0 Å². The first-order chi connectivity index (χ1) is 10.1. The Labute approximate surface area is 158 Å². The number of halogens is 1. The summed E-state index contributed by atoms with van der Waals surface area (Å²) >= 11 is 0. The Hall–Kier alpha value is 0.650. The standard InChI is InChI=1S/C19H42NO.HI/c1-5-7-8-9-10-11-12-13-14-15-16-20(3,4)17-19-21-18-6-2;/h5-19H2,1-4H3;1H/q+1;/p-1. The molecule has 0 saturated carbocycles. The lowest BCUT2D eigenvalue weighted by Gasteiger charge is -2.29. The van der Waals surface area contributed by atoms with Crippen LogP contribution < -0.4 is 24.0 Å². The first-order valence-electron chi connectivity index (χ1n) is 9.52. The van der Waals surface area contributed by atoms with E-state index in [2.05, 4.69) is 27.9 Å². The second-order valence-corrected chi connectivity index (χ2v) is 7.18. The van der Waals surface area contributed by atoms with E-state index >= 15 is 0 Å². The molecule has 0 spiro atoms. The summed E-state index contributed by atoms with van der Waals surface area (Å²) in [5.74, 6) is 0. The summed E-state index contributed by atoms with van der Waals surface area (Å²) < 4.78 is 6.71. The van der Waals surface area contributed by atoms with Crippen molar-refractivity contribution < 1.29 is 33.2 Å². The van der Waals surface area contributed by atoms with Crippen molar-refractivity contribution in [3.05, 3.63) is 0 Å². The molecular weight excluding hydrogens is 385 g/mol. The van der Waals surface area contributed by atoms with E-state index in [1.807, 2.05) is 0 Å². The fourth-order valence-electron chi connectivity index (χ4n) is 2.70. The van der Waals surface area contributed by atoms with E-state index < -0.39 is 0 Å². The third kappa shape index (κ3) is 18.7. The minimum absolute atomic E-state index is 0. The van der Waals surface area contributed by atoms with Crippen molar-refractivity contribution in [3.63, 3.8) is 0 Å². The zero-order chi connectivity index (χ0) is 15.8. The van der Waals surface area contributed by atoms with E-state index in [0.717, 1.165) is 30.7 Å². The second kappa shape index (κ2) is 18.0. The van der Waals surface area contributed by atoms with E-state index in [0.29, 0.717) is 0 Å². The number of hydrogen-bond donors (Lipinski definition) is 0. The summed E-state index contributed by atoms with van der Waals surface area (Å²) in [5.41, 5.74) is 0. The van der Waals surface area contributed by atoms with Crippen molar-refractivity contribution in [1.29, 1.82) is 0 Å². The number of rotatable bonds is 16. The third-order valence-electron chi connectivity index (χ3n) is 4.31. The number of nitrogens with zero attached hydrogens (tertiary/aromatic N) is 1. The van der Waals surface area contributed by atoms with Crippen LogP contribution in [0.5, 0.6) is 0 Å². The van der Waals surface area contributed by atoms with Crippen LogP contribution in [0.1, 0.15) is 84.5 Å². The molecule has 22 heavy (non-hydrogen) atoms. The van der Waals surface area contributed by atoms with Crippen LogP contribution in [-0.2, 0) is 4.74 Å². The predicted octanol–water partition coefficient (Wildman–Crippen LogP) is 2.41. The molecule has 136 valence electrons. The average Bonchev–Trinajstić information content (AvgIpc) is 2.45. The number of unbranched alkanes of at least 4 members (excludes halogenated alkanes) is 9. The fraction of sp³-hybridized carbons (Fsp3) is 1.00. The summed E-state index contributed by atoms with van der Waals surface area (Å²) in [7, 11) is 4.67. The van der Waals surface area contributed by atoms with Crippen molar-refractivity contribution in [2.75, 3.05) is 40.4 Å². The van der Waals surface area contributed by atoms with Gasteiger partial charge in [-0.15, -0.1) is 0 Å². The number of likely N-dealkylation sites (N-methyl/N-ethyl adjacent to an activating group) is 1. The lowest BCUT2D eigenvalue weighted by Crippen LogP contribution is -3.00. The van der Waals surface area contributed by atoms with Gasteiger partial charge in [0.25, 0.3) is 0 Å². The molecule has 0 rings (SSSR count). The SMILES string of the molecule is CCCCCCCCCCCC[N+](C)(C)CCOCCC.[I-]. The summed E-state index contributed by atoms with van der Waals surface area (Å²) in [6, 6.07) is 0. The van der Waals surface area contributed by atoms with Gasteiger partial charge in [-0.3, -0.25) is 0 Å². The summed E-state index contributed by atoms with van der Waals surface area (Å²) in [6.45, 7) is 8.74. The highest BCUT2D eigenvalue weighted by Crippen LogP contribution is 2.11. The predicted molar refractivity (Wildman–Crippen MR) is 94.8 cm³/mol. The fourth-order valence-corrected chi connectivity index (χ4v) is 2.70. The Kier molecular flexibility index (Phi) is 20.4. The van der Waals surface area contributed by atoms with Crippen LogP contribution in [0, 0.1) is 0 Å². The molecule has 3 heteroatoms. The van der Waals surface area contributed by atoms with Gasteiger partial charge in [0.1, 0.15) is 6.54 Å². The van der Waals surface area contributed by atoms with E-state index in [1.165, 1.54) is 70.8 Å². The molecule has 0 atom stereocenters. The molecule has 0 aliphatic rings. The molecule has 0 N–H and O–H groups in total. The number of hydrogen-bond acceptors (Lipinski definition) is 1. The van der Waals surface area contributed by atoms with Gasteiger partial charge < -0.3 is 33.2 Å². The third-order valence-corrected chi connectivity index (χ3v) is 4.31. The molecule has 0 heterocycles. The van der Waals surface area contributed by atoms with Crippen molar-refractivity contribution in [2.45, 2.75) is 84.5 Å². The van der Waals surface area contributed by atoms with Gasteiger partial charge in [-0.05, 0) is 19.3 Å². The largest absolute Gasteiger partial charge is 1.00 e. The van der Waals surface area contributed by atoms with Crippen LogP contribution >= 0.6 is 0 Å². The van der Waals surface area contributed by atoms with Gasteiger partial charge in [0.15, 0.2) is 0 Å². The van der Waals surface area contributed by atoms with Gasteiger partial charge in [0.2, 0.25) is 0 Å². The first kappa shape index (κ1) is 24.9. The summed E-state index contributed by atoms with van der Waals surface area (Å²) in [4.78, 5) is 0. The molecular formula is C19H42INO. The highest BCUT2D eigenvalue weighted by molar-refractivity contribution is 4.47. The molecule has 0 aromatic heterocycles. The molecule has 0 unspecified atom stereocenters. The molecule has 0 bridgehead atoms. The van der Waals surface area contributed by atoms with Gasteiger partial charge in [-0.2, -0.15) is 0 Å². The Morgan fingerprint density at radius 3 is 1.59 bits per heavy atom. The Balaban J connectivity index is 0. The monoisotopic (exact) mass is 427 g/mol. The van der Waals surface area contributed by atoms with Gasteiger partial charge in [0, 0.05) is 6.61 Å². The molecule has 0 aromatic carbocycles. The molecule has 0 aliphatic carbocycles. The minimum Gasteiger partial charge on any atom is -1.00 e. The van der Waals surface area contributed by atoms with Crippen molar-refractivity contribution in [2.24, 2.45) is 0 Å². The first-order valence-corrected chi connectivity index (χ1v) is 9.52. The smallest absolute Gasteiger partial charge is 0.102 e. The van der Waals surface area contributed by atoms with Crippen molar-refractivity contribution in [3.8, 4) is 0 Å². The van der Waals surface area contributed by atoms with Crippen LogP contribution in [0.4, 0.5) is 0 Å². The second-order valence-electron chi connectivity index (χ2n) is 7.18. The van der Waals surface area contributed by atoms with E-state index in [9.17, 15) is 0 Å². The van der Waals surface area contributed by atoms with Crippen LogP contribution in [0.3, 0.4) is 0 Å². The lowest BCUT2D eigenvalue weighted by atomic mass is 10.1. The summed E-state index contributed by atoms with van der Waals surface area (Å²) in [6.07, 6.45) is 15.4. The Morgan fingerprint density at radius 2 is 1.09 bits per heavy atom. The minimum atomic E-state index is 0. The molecule has 0 saturated heterocycles. The lowest BCUT2D eigenvalue weighted by molar-refractivity contribution is -0.891. The van der Waals surface area contributed by atoms with Gasteiger partial charge >= 0.3 is 0 Å². The van der Waals surface area contributed by atoms with Crippen LogP contribution in [0.15, 0.2) is 0 Å². The molecule has 0 radical (unpaired) electrons. The molecule has 0 fully saturated rings. The zero-order valence-electron chi connectivity index (χ0n) is 15.8. The number of ether oxygens (including phenoxy) is 1. The number of quaternary nitrogens is 1. The molecule has 0 aliphatic heterocycles. The average molecular weight is 427 g/mol. The van der Waals surface area contributed by atoms with Crippen molar-refractivity contribution >= 4 is 0 Å². The maximum Gasteiger partial charge on any atom is 0.102 e. The van der Waals surface area contributed by atoms with E-state index in [4.69, 9.17) is 4.74 Å². The highest BCUT2D eigenvalue weighted by atomic mass is 127. The Bertz CT molecular complexity index is 210. The van der Waals surface area contributed by atoms with Gasteiger partial charge in [0.05, 0.1) is 27.2 Å². The quantitative estimate of drug-likeness (QED) is 0.209. The zero-order valence-corrected chi connectivity index (χ0v) is 18.0. The van der Waals surface area contributed by atoms with Gasteiger partial charge in [-0.1, -0.05) is 65.2 Å². The van der Waals surface area contributed by atoms with Crippen molar-refractivity contribution in [1.82, 2.24) is 0 Å². The van der Waals surface area contributed by atoms with Crippen LogP contribution in [-0.4, -0.2) is 44.9 Å². The van der Waals surface area contributed by atoms with E-state index in [-0.39, 0.29) is 24.0 Å². The molecule has 2 nitrogen and oxygen atoms in total. The Morgan fingerprint density at radius 1 is 0.591 bits per heavy atom. The van der Waals surface area contributed by atoms with Crippen LogP contribution in [0.2, 0.25) is 0 Å². The van der Waals surface area contributed by atoms with Crippen LogP contribution in [0.25, 0.3) is 0 Å². The molecule has 0 amide bonds. The van der Waals surface area contributed by atoms with E-state index in [1.54, 1.807) is 0 Å².